The number of primary amides is 1. The number of carbonyl (C=O) groups excluding carboxylic acids is 1. The average molecular weight is 797 g/mol. The number of carbonyl (C=O) groups is 1. The van der Waals surface area contributed by atoms with Crippen molar-refractivity contribution in [2.75, 3.05) is 18.9 Å². The number of fused-ring (bicyclic) bond motifs is 1. The number of rotatable bonds is 7. The summed E-state index contributed by atoms with van der Waals surface area (Å²) in [5.74, 6) is -0.889. The number of aliphatic hydroxyl groups excluding tert-OH is 5. The summed E-state index contributed by atoms with van der Waals surface area (Å²) in [7, 11) is -15.0. The fraction of sp³-hybridized carbons (Fsp3) is 0.476. The third-order valence-electron chi connectivity index (χ3n) is 6.50. The van der Waals surface area contributed by atoms with Crippen LogP contribution >= 0.6 is 23.5 Å². The van der Waals surface area contributed by atoms with Crippen molar-refractivity contribution in [3.05, 3.63) is 43.2 Å². The number of anilines is 1. The van der Waals surface area contributed by atoms with Crippen LogP contribution in [0.15, 0.2) is 43.2 Å². The van der Waals surface area contributed by atoms with Crippen molar-refractivity contribution in [3.8, 4) is 0 Å². The molecule has 3 aromatic rings. The number of imidazole rings is 1. The first kappa shape index (κ1) is 44.2. The van der Waals surface area contributed by atoms with Crippen LogP contribution in [0.3, 0.4) is 0 Å². The second kappa shape index (κ2) is 17.7. The molecule has 27 nitrogen and oxygen atoms in total. The van der Waals surface area contributed by atoms with Gasteiger partial charge in [0.05, 0.1) is 19.5 Å². The van der Waals surface area contributed by atoms with Crippen LogP contribution in [0, 0.1) is 0 Å². The van der Waals surface area contributed by atoms with E-state index in [-0.39, 0.29) is 12.4 Å². The Bertz CT molecular complexity index is 1710. The second-order valence-electron chi connectivity index (χ2n) is 10.1. The van der Waals surface area contributed by atoms with Crippen LogP contribution < -0.4 is 20.9 Å². The highest BCUT2D eigenvalue weighted by Crippen LogP contribution is 2.53. The number of hydrogen-bond acceptors (Lipinski definition) is 18. The van der Waals surface area contributed by atoms with Gasteiger partial charge >= 0.3 is 15.6 Å². The van der Waals surface area contributed by atoms with Crippen LogP contribution in [-0.4, -0.2) is 135 Å². The molecule has 3 aromatic heterocycles. The number of nitrogens with two attached hydrogens (primary N) is 2. The molecule has 2 saturated heterocycles. The Hall–Kier alpha value is -2.98. The summed E-state index contributed by atoms with van der Waals surface area (Å²) in [6.45, 7) is -0.763. The van der Waals surface area contributed by atoms with Crippen molar-refractivity contribution >= 4 is 46.4 Å². The summed E-state index contributed by atoms with van der Waals surface area (Å²) >= 11 is 0. The largest absolute Gasteiger partial charge is 0.756 e. The molecular weight excluding hydrogens is 763 g/mol. The van der Waals surface area contributed by atoms with Crippen molar-refractivity contribution < 1.29 is 102 Å². The summed E-state index contributed by atoms with van der Waals surface area (Å²) in [6, 6.07) is 5.28. The lowest BCUT2D eigenvalue weighted by Gasteiger charge is -2.25. The molecule has 2 fully saturated rings. The minimum absolute atomic E-state index is 0.202. The maximum Gasteiger partial charge on any atom is 0.478 e. The Morgan fingerprint density at radius 3 is 2.04 bits per heavy atom. The molecule has 2 aliphatic rings. The first-order valence-electron chi connectivity index (χ1n) is 13.4. The molecule has 0 aromatic carbocycles. The molecule has 16 N–H and O–H groups in total. The number of phosphoric acid groups is 3. The van der Waals surface area contributed by atoms with Crippen molar-refractivity contribution in [3.63, 3.8) is 0 Å². The lowest BCUT2D eigenvalue weighted by Crippen LogP contribution is -2.58. The van der Waals surface area contributed by atoms with E-state index < -0.39 is 84.6 Å². The van der Waals surface area contributed by atoms with E-state index in [9.17, 15) is 34.4 Å². The van der Waals surface area contributed by atoms with Crippen LogP contribution in [0.2, 0.25) is 0 Å². The normalized spacial score (nSPS) is 26.9. The molecule has 0 spiro atoms. The minimum Gasteiger partial charge on any atom is -0.756 e. The van der Waals surface area contributed by atoms with Gasteiger partial charge in [-0.15, -0.1) is 0 Å². The number of aromatic nitrogens is 5. The zero-order valence-electron chi connectivity index (χ0n) is 25.4. The lowest BCUT2D eigenvalue weighted by atomic mass is 9.93. The van der Waals surface area contributed by atoms with Crippen molar-refractivity contribution in [2.45, 2.75) is 48.6 Å². The molecule has 288 valence electrons. The molecule has 1 amide bonds. The Labute approximate surface area is 284 Å². The van der Waals surface area contributed by atoms with Gasteiger partial charge < -0.3 is 85.8 Å². The van der Waals surface area contributed by atoms with E-state index in [1.165, 1.54) is 21.8 Å². The smallest absolute Gasteiger partial charge is 0.478 e. The number of amides is 1. The highest BCUT2D eigenvalue weighted by molar-refractivity contribution is 7.60. The highest BCUT2D eigenvalue weighted by atomic mass is 31.3. The summed E-state index contributed by atoms with van der Waals surface area (Å²) in [4.78, 5) is 76.7. The Balaban J connectivity index is 0.000000288. The van der Waals surface area contributed by atoms with E-state index in [4.69, 9.17) is 70.0 Å². The molecule has 1 unspecified atom stereocenters. The zero-order valence-corrected chi connectivity index (χ0v) is 28.0. The van der Waals surface area contributed by atoms with Gasteiger partial charge in [-0.05, 0) is 0 Å². The molecule has 51 heavy (non-hydrogen) atoms. The van der Waals surface area contributed by atoms with E-state index in [0.29, 0.717) is 11.2 Å². The van der Waals surface area contributed by atoms with Crippen molar-refractivity contribution in [1.82, 2.24) is 19.5 Å². The molecule has 5 heterocycles. The number of nitrogens with zero attached hydrogens (tertiary/aromatic N) is 5. The Morgan fingerprint density at radius 2 is 1.59 bits per heavy atom. The van der Waals surface area contributed by atoms with Crippen molar-refractivity contribution in [2.24, 2.45) is 5.73 Å². The number of ether oxygens (including phenoxy) is 2. The molecule has 8 atom stereocenters. The number of hydrogen-bond donors (Lipinski definition) is 14. The lowest BCUT2D eigenvalue weighted by molar-refractivity contribution is -0.768. The zero-order chi connectivity index (χ0) is 39.1. The Kier molecular flexibility index (Phi) is 15.3. The van der Waals surface area contributed by atoms with Gasteiger partial charge in [0, 0.05) is 12.1 Å². The van der Waals surface area contributed by atoms with Crippen LogP contribution in [0.25, 0.3) is 11.2 Å². The van der Waals surface area contributed by atoms with Gasteiger partial charge in [0.1, 0.15) is 36.3 Å². The van der Waals surface area contributed by atoms with Gasteiger partial charge in [0.25, 0.3) is 20.0 Å². The third kappa shape index (κ3) is 12.6. The maximum atomic E-state index is 10.7. The second-order valence-corrected chi connectivity index (χ2v) is 13.7. The average Bonchev–Trinajstić information content (AvgIpc) is 3.65. The summed E-state index contributed by atoms with van der Waals surface area (Å²) in [5.41, 5.74) is 9.19. The summed E-state index contributed by atoms with van der Waals surface area (Å²) in [5, 5.41) is 58.5. The number of aliphatic hydroxyl groups is 6. The van der Waals surface area contributed by atoms with Crippen molar-refractivity contribution in [1.29, 1.82) is 0 Å². The SMILES string of the molecule is NC(=O)[C@]1(O)[C@@H](O)CO[C@@H]1CO.Nc1ncnc2c1ncn2[C@@H]1O[C@H](C(O)[n+]2ccccc2)[C@@H](O)[C@H]1O.O=P(O)(O)OP(=O)(O)O.O=P([O-])(O)O. The first-order valence-corrected chi connectivity index (χ1v) is 18.0. The molecule has 5 rings (SSSR count). The highest BCUT2D eigenvalue weighted by Gasteiger charge is 2.54. The van der Waals surface area contributed by atoms with Crippen LogP contribution in [0.5, 0.6) is 0 Å². The van der Waals surface area contributed by atoms with Gasteiger partial charge in [-0.2, -0.15) is 8.88 Å². The minimum atomic E-state index is -5.05. The predicted molar refractivity (Wildman–Crippen MR) is 158 cm³/mol. The molecular formula is C21H34N7O20P3. The molecule has 0 radical (unpaired) electrons. The third-order valence-corrected chi connectivity index (χ3v) is 8.20. The van der Waals surface area contributed by atoms with Gasteiger partial charge in [-0.1, -0.05) is 6.07 Å². The van der Waals surface area contributed by atoms with Gasteiger partial charge in [0.15, 0.2) is 41.8 Å². The molecule has 0 bridgehead atoms. The van der Waals surface area contributed by atoms with Crippen LogP contribution in [0.4, 0.5) is 5.82 Å². The van der Waals surface area contributed by atoms with E-state index in [1.54, 1.807) is 30.6 Å². The molecule has 0 saturated carbocycles. The topological polar surface area (TPSA) is 461 Å². The summed E-state index contributed by atoms with van der Waals surface area (Å²) in [6.07, 6.45) is -2.31. The summed E-state index contributed by atoms with van der Waals surface area (Å²) < 4.78 is 44.4. The molecule has 30 heteroatoms. The van der Waals surface area contributed by atoms with Crippen LogP contribution in [0.1, 0.15) is 12.5 Å². The van der Waals surface area contributed by atoms with E-state index in [1.807, 2.05) is 0 Å². The standard InChI is InChI=1S/C15H17N6O4.C6H11NO5.H4O7P2.H3O4P/c16-12-8-13(18-6-17-12)21(7-19-8)15-10(23)9(22)11(25-15)14(24)20-4-2-1-3-5-20;7-5(10)6(11)3(9)2-12-4(6)1-8;1-8(2,3)7-9(4,5)6;1-5(2,3)4/h1-7,9-11,14-15,22-24H,(H2,16,17,18);3-4,8-9,11H,1-2H2,(H2,7,10);(H2,1,2,3)(H2,4,5,6);(H3,1,2,3,4)/q+1;;;/p-1/t9-,10+,11-,14?,15+;3-,4+,6-;;/m00../s1. The van der Waals surface area contributed by atoms with Gasteiger partial charge in [-0.3, -0.25) is 13.9 Å². The predicted octanol–water partition coefficient (Wildman–Crippen LogP) is -6.91. The van der Waals surface area contributed by atoms with Gasteiger partial charge in [-0.25, -0.2) is 24.1 Å². The van der Waals surface area contributed by atoms with Gasteiger partial charge in [0.2, 0.25) is 0 Å². The number of nitrogen functional groups attached to an aromatic ring is 1. The monoisotopic (exact) mass is 797 g/mol. The van der Waals surface area contributed by atoms with Crippen LogP contribution in [-0.2, 0) is 32.3 Å². The molecule has 0 aliphatic carbocycles. The fourth-order valence-corrected chi connectivity index (χ4v) is 5.41. The molecule has 2 aliphatic heterocycles. The number of pyridine rings is 1. The fourth-order valence-electron chi connectivity index (χ4n) is 4.31. The Morgan fingerprint density at radius 1 is 1.04 bits per heavy atom. The first-order chi connectivity index (χ1) is 23.3. The van der Waals surface area contributed by atoms with E-state index in [2.05, 4.69) is 19.3 Å². The van der Waals surface area contributed by atoms with E-state index in [0.717, 1.165) is 0 Å². The van der Waals surface area contributed by atoms with E-state index >= 15 is 0 Å². The maximum absolute atomic E-state index is 10.7. The quantitative estimate of drug-likeness (QED) is 0.0780.